The summed E-state index contributed by atoms with van der Waals surface area (Å²) in [4.78, 5) is 2.48. The first-order valence-corrected chi connectivity index (χ1v) is 26.4. The molecule has 0 unspecified atom stereocenters. The van der Waals surface area contributed by atoms with Crippen LogP contribution in [0.25, 0.3) is 110 Å². The molecular weight excluding hydrogens is 919 g/mol. The van der Waals surface area contributed by atoms with E-state index in [0.717, 1.165) is 50.7 Å². The molecule has 0 saturated carbocycles. The molecule has 1 aliphatic rings. The van der Waals surface area contributed by atoms with E-state index in [2.05, 4.69) is 301 Å². The second-order valence-electron chi connectivity index (χ2n) is 20.9. The van der Waals surface area contributed by atoms with Gasteiger partial charge in [-0.05, 0) is 170 Å². The van der Waals surface area contributed by atoms with Crippen LogP contribution in [0.4, 0.5) is 17.1 Å². The topological polar surface area (TPSA) is 13.1 Å². The van der Waals surface area contributed by atoms with Gasteiger partial charge in [0, 0.05) is 55.1 Å². The number of rotatable bonds is 8. The van der Waals surface area contributed by atoms with Gasteiger partial charge in [-0.25, -0.2) is 0 Å². The van der Waals surface area contributed by atoms with E-state index in [-0.39, 0.29) is 5.41 Å². The molecule has 3 nitrogen and oxygen atoms in total. The third kappa shape index (κ3) is 6.90. The van der Waals surface area contributed by atoms with E-state index >= 15 is 0 Å². The second-order valence-corrected chi connectivity index (χ2v) is 20.9. The fourth-order valence-corrected chi connectivity index (χ4v) is 12.6. The van der Waals surface area contributed by atoms with Crippen molar-refractivity contribution >= 4 is 71.4 Å². The Kier molecular flexibility index (Phi) is 9.92. The van der Waals surface area contributed by atoms with Gasteiger partial charge in [-0.2, -0.15) is 0 Å². The summed E-state index contributed by atoms with van der Waals surface area (Å²) < 4.78 is 4.79. The SMILES string of the molecule is CC1(C)c2ccccc2-c2ccc(N(c3cccc(-c4cc(-c5ccc6c(c5)c5ccccc5n6-c5ccccc5)cc(-c5ccc6c(c5)c5ccccc5n6-c5ccccc5)c4)c3)c3cccc4ccccc34)cc21. The van der Waals surface area contributed by atoms with Crippen LogP contribution in [-0.2, 0) is 5.41 Å². The van der Waals surface area contributed by atoms with Crippen molar-refractivity contribution in [2.75, 3.05) is 4.90 Å². The molecule has 0 atom stereocenters. The smallest absolute Gasteiger partial charge is 0.0541 e. The normalized spacial score (nSPS) is 12.7. The minimum Gasteiger partial charge on any atom is -0.310 e. The van der Waals surface area contributed by atoms with Crippen molar-refractivity contribution in [3.05, 3.63) is 284 Å². The molecule has 0 spiro atoms. The van der Waals surface area contributed by atoms with Crippen LogP contribution in [0, 0.1) is 0 Å². The summed E-state index contributed by atoms with van der Waals surface area (Å²) in [5.74, 6) is 0. The largest absolute Gasteiger partial charge is 0.310 e. The summed E-state index contributed by atoms with van der Waals surface area (Å²) >= 11 is 0. The maximum absolute atomic E-state index is 2.48. The number of benzene rings is 12. The van der Waals surface area contributed by atoms with E-state index in [1.165, 1.54) is 87.8 Å². The predicted octanol–water partition coefficient (Wildman–Crippen LogP) is 19.8. The summed E-state index contributed by atoms with van der Waals surface area (Å²) in [7, 11) is 0. The molecule has 14 aromatic rings. The highest BCUT2D eigenvalue weighted by Crippen LogP contribution is 2.51. The summed E-state index contributed by atoms with van der Waals surface area (Å²) in [6.07, 6.45) is 0. The standard InChI is InChI=1S/C73H51N3/c1-73(2)66-31-14-11-28-60(66)61-38-37-58(47-67(61)73)74(68-34-18-20-48-19-9-10-27-59(48)68)57-26-17-21-49(44-57)52-41-53(50-35-39-71-64(45-50)62-29-12-15-32-69(62)75(71)55-22-5-3-6-23-55)43-54(42-52)51-36-40-72-65(46-51)63-30-13-16-33-70(63)76(72)56-24-7-4-8-25-56/h3-47H,1-2H3. The van der Waals surface area contributed by atoms with Crippen LogP contribution < -0.4 is 4.90 Å². The quantitative estimate of drug-likeness (QED) is 0.148. The molecular formula is C73H51N3. The van der Waals surface area contributed by atoms with Crippen molar-refractivity contribution in [3.8, 4) is 55.9 Å². The zero-order valence-electron chi connectivity index (χ0n) is 42.3. The lowest BCUT2D eigenvalue weighted by Gasteiger charge is -2.29. The highest BCUT2D eigenvalue weighted by molar-refractivity contribution is 6.12. The Balaban J connectivity index is 0.937. The lowest BCUT2D eigenvalue weighted by molar-refractivity contribution is 0.660. The Labute approximate surface area is 442 Å². The summed E-state index contributed by atoms with van der Waals surface area (Å²) in [5, 5.41) is 7.34. The molecule has 358 valence electrons. The van der Waals surface area contributed by atoms with Crippen LogP contribution in [0.2, 0.25) is 0 Å². The van der Waals surface area contributed by atoms with Crippen molar-refractivity contribution in [1.82, 2.24) is 9.13 Å². The summed E-state index contributed by atoms with van der Waals surface area (Å²) in [6.45, 7) is 4.74. The van der Waals surface area contributed by atoms with E-state index in [0.29, 0.717) is 0 Å². The zero-order chi connectivity index (χ0) is 50.5. The molecule has 0 amide bonds. The molecule has 76 heavy (non-hydrogen) atoms. The Morgan fingerprint density at radius 3 is 1.39 bits per heavy atom. The van der Waals surface area contributed by atoms with Gasteiger partial charge < -0.3 is 14.0 Å². The van der Waals surface area contributed by atoms with E-state index in [9.17, 15) is 0 Å². The fourth-order valence-electron chi connectivity index (χ4n) is 12.6. The average molecular weight is 970 g/mol. The van der Waals surface area contributed by atoms with Gasteiger partial charge in [0.1, 0.15) is 0 Å². The van der Waals surface area contributed by atoms with Crippen LogP contribution >= 0.6 is 0 Å². The number of aromatic nitrogens is 2. The molecule has 12 aromatic carbocycles. The Hall–Kier alpha value is -9.70. The number of anilines is 3. The third-order valence-corrected chi connectivity index (χ3v) is 16.2. The van der Waals surface area contributed by atoms with E-state index in [4.69, 9.17) is 0 Å². The highest BCUT2D eigenvalue weighted by atomic mass is 15.1. The lowest BCUT2D eigenvalue weighted by Crippen LogP contribution is -2.16. The fraction of sp³-hybridized carbons (Fsp3) is 0.0411. The van der Waals surface area contributed by atoms with Crippen molar-refractivity contribution in [2.24, 2.45) is 0 Å². The van der Waals surface area contributed by atoms with Crippen LogP contribution in [-0.4, -0.2) is 9.13 Å². The van der Waals surface area contributed by atoms with E-state index < -0.39 is 0 Å². The van der Waals surface area contributed by atoms with Gasteiger partial charge in [-0.1, -0.05) is 178 Å². The molecule has 0 bridgehead atoms. The molecule has 0 N–H and O–H groups in total. The number of hydrogen-bond acceptors (Lipinski definition) is 1. The Morgan fingerprint density at radius 2 is 0.763 bits per heavy atom. The summed E-state index contributed by atoms with van der Waals surface area (Å²) in [6, 6.07) is 101. The molecule has 0 saturated heterocycles. The third-order valence-electron chi connectivity index (χ3n) is 16.2. The average Bonchev–Trinajstić information content (AvgIpc) is 4.09. The van der Waals surface area contributed by atoms with Gasteiger partial charge in [-0.15, -0.1) is 0 Å². The molecule has 1 aliphatic carbocycles. The van der Waals surface area contributed by atoms with Crippen LogP contribution in [0.3, 0.4) is 0 Å². The molecule has 2 aromatic heterocycles. The van der Waals surface area contributed by atoms with Crippen molar-refractivity contribution in [2.45, 2.75) is 19.3 Å². The van der Waals surface area contributed by atoms with Gasteiger partial charge in [-0.3, -0.25) is 0 Å². The predicted molar refractivity (Wildman–Crippen MR) is 321 cm³/mol. The van der Waals surface area contributed by atoms with Crippen LogP contribution in [0.15, 0.2) is 273 Å². The number of hydrogen-bond donors (Lipinski definition) is 0. The van der Waals surface area contributed by atoms with Crippen LogP contribution in [0.5, 0.6) is 0 Å². The monoisotopic (exact) mass is 969 g/mol. The lowest BCUT2D eigenvalue weighted by atomic mass is 9.82. The Morgan fingerprint density at radius 1 is 0.289 bits per heavy atom. The van der Waals surface area contributed by atoms with Crippen molar-refractivity contribution < 1.29 is 0 Å². The minimum atomic E-state index is -0.149. The Bertz CT molecular complexity index is 4430. The summed E-state index contributed by atoms with van der Waals surface area (Å²) in [5.41, 5.74) is 22.6. The molecule has 3 heteroatoms. The molecule has 0 fully saturated rings. The van der Waals surface area contributed by atoms with Gasteiger partial charge in [0.2, 0.25) is 0 Å². The van der Waals surface area contributed by atoms with Gasteiger partial charge in [0.05, 0.1) is 27.8 Å². The number of nitrogens with zero attached hydrogens (tertiary/aromatic N) is 3. The van der Waals surface area contributed by atoms with Gasteiger partial charge in [0.15, 0.2) is 0 Å². The van der Waals surface area contributed by atoms with Gasteiger partial charge >= 0.3 is 0 Å². The molecule has 15 rings (SSSR count). The molecule has 0 aliphatic heterocycles. The van der Waals surface area contributed by atoms with Crippen molar-refractivity contribution in [1.29, 1.82) is 0 Å². The maximum Gasteiger partial charge on any atom is 0.0541 e. The van der Waals surface area contributed by atoms with Crippen LogP contribution in [0.1, 0.15) is 25.0 Å². The minimum absolute atomic E-state index is 0.149. The maximum atomic E-state index is 2.48. The first-order valence-electron chi connectivity index (χ1n) is 26.4. The molecule has 2 heterocycles. The van der Waals surface area contributed by atoms with Crippen molar-refractivity contribution in [3.63, 3.8) is 0 Å². The highest BCUT2D eigenvalue weighted by Gasteiger charge is 2.36. The molecule has 0 radical (unpaired) electrons. The zero-order valence-corrected chi connectivity index (χ0v) is 42.3. The van der Waals surface area contributed by atoms with Gasteiger partial charge in [0.25, 0.3) is 0 Å². The first kappa shape index (κ1) is 43.8. The van der Waals surface area contributed by atoms with E-state index in [1.807, 2.05) is 0 Å². The first-order chi connectivity index (χ1) is 37.4. The second kappa shape index (κ2) is 17.2. The van der Waals surface area contributed by atoms with E-state index in [1.54, 1.807) is 0 Å². The number of para-hydroxylation sites is 4. The number of fused-ring (bicyclic) bond motifs is 10.